The van der Waals surface area contributed by atoms with Crippen molar-refractivity contribution in [2.75, 3.05) is 0 Å². The summed E-state index contributed by atoms with van der Waals surface area (Å²) in [6.45, 7) is 5.04. The Morgan fingerprint density at radius 1 is 1.53 bits per heavy atom. The first kappa shape index (κ1) is 12.1. The lowest BCUT2D eigenvalue weighted by atomic mass is 9.97. The van der Waals surface area contributed by atoms with Crippen molar-refractivity contribution in [2.45, 2.75) is 51.7 Å². The summed E-state index contributed by atoms with van der Waals surface area (Å²) >= 11 is 0. The molecule has 5 nitrogen and oxygen atoms in total. The fourth-order valence-corrected chi connectivity index (χ4v) is 2.45. The molecular weight excluding hydrogens is 220 g/mol. The van der Waals surface area contributed by atoms with E-state index in [-0.39, 0.29) is 5.69 Å². The first-order valence-corrected chi connectivity index (χ1v) is 6.02. The minimum Gasteiger partial charge on any atom is -0.476 e. The van der Waals surface area contributed by atoms with E-state index in [0.717, 1.165) is 0 Å². The van der Waals surface area contributed by atoms with E-state index in [1.165, 1.54) is 25.3 Å². The van der Waals surface area contributed by atoms with Crippen molar-refractivity contribution in [2.24, 2.45) is 0 Å². The van der Waals surface area contributed by atoms with Gasteiger partial charge in [0.25, 0.3) is 0 Å². The summed E-state index contributed by atoms with van der Waals surface area (Å²) in [5, 5.41) is 12.3. The molecule has 1 aromatic heterocycles. The molecule has 0 amide bonds. The van der Waals surface area contributed by atoms with Crippen LogP contribution in [0.15, 0.2) is 10.6 Å². The summed E-state index contributed by atoms with van der Waals surface area (Å²) in [4.78, 5) is 13.0. The number of hydrogen-bond acceptors (Lipinski definition) is 4. The van der Waals surface area contributed by atoms with Crippen LogP contribution in [0, 0.1) is 0 Å². The van der Waals surface area contributed by atoms with E-state index in [9.17, 15) is 4.79 Å². The summed E-state index contributed by atoms with van der Waals surface area (Å²) < 4.78 is 5.05. The summed E-state index contributed by atoms with van der Waals surface area (Å²) in [5.74, 6) is -0.414. The molecule has 1 aliphatic rings. The highest BCUT2D eigenvalue weighted by Crippen LogP contribution is 2.24. The van der Waals surface area contributed by atoms with E-state index in [0.29, 0.717) is 24.4 Å². The second-order valence-electron chi connectivity index (χ2n) is 4.78. The maximum Gasteiger partial charge on any atom is 0.358 e. The van der Waals surface area contributed by atoms with Gasteiger partial charge >= 0.3 is 5.97 Å². The predicted octanol–water partition coefficient (Wildman–Crippen LogP) is 2.14. The highest BCUT2D eigenvalue weighted by Gasteiger charge is 2.26. The fourth-order valence-electron chi connectivity index (χ4n) is 2.45. The highest BCUT2D eigenvalue weighted by molar-refractivity contribution is 5.85. The van der Waals surface area contributed by atoms with Crippen LogP contribution in [0.2, 0.25) is 0 Å². The molecule has 5 heteroatoms. The number of carboxylic acids is 1. The van der Waals surface area contributed by atoms with Crippen molar-refractivity contribution in [3.8, 4) is 0 Å². The Bertz CT molecular complexity index is 392. The van der Waals surface area contributed by atoms with Crippen LogP contribution in [-0.2, 0) is 6.54 Å². The SMILES string of the molecule is C[C@@H]1CCC[C@H](C)N1Cc1cc(C(=O)O)no1. The van der Waals surface area contributed by atoms with E-state index < -0.39 is 5.97 Å². The van der Waals surface area contributed by atoms with E-state index in [4.69, 9.17) is 9.63 Å². The molecule has 2 atom stereocenters. The minimum absolute atomic E-state index is 0.0164. The van der Waals surface area contributed by atoms with Crippen LogP contribution in [0.4, 0.5) is 0 Å². The molecule has 17 heavy (non-hydrogen) atoms. The van der Waals surface area contributed by atoms with Crippen LogP contribution in [0.5, 0.6) is 0 Å². The first-order chi connectivity index (χ1) is 8.08. The molecule has 1 aliphatic heterocycles. The molecule has 2 heterocycles. The quantitative estimate of drug-likeness (QED) is 0.873. The molecule has 94 valence electrons. The van der Waals surface area contributed by atoms with Crippen molar-refractivity contribution in [1.29, 1.82) is 0 Å². The van der Waals surface area contributed by atoms with Crippen molar-refractivity contribution in [3.05, 3.63) is 17.5 Å². The lowest BCUT2D eigenvalue weighted by Crippen LogP contribution is -2.42. The third kappa shape index (κ3) is 2.66. The van der Waals surface area contributed by atoms with Crippen LogP contribution in [0.25, 0.3) is 0 Å². The van der Waals surface area contributed by atoms with E-state index >= 15 is 0 Å². The number of nitrogens with zero attached hydrogens (tertiary/aromatic N) is 2. The van der Waals surface area contributed by atoms with E-state index in [1.54, 1.807) is 0 Å². The second kappa shape index (κ2) is 4.87. The van der Waals surface area contributed by atoms with Crippen molar-refractivity contribution in [1.82, 2.24) is 10.1 Å². The molecule has 0 spiro atoms. The molecular formula is C12H18N2O3. The standard InChI is InChI=1S/C12H18N2O3/c1-8-4-3-5-9(2)14(8)7-10-6-11(12(15)16)13-17-10/h6,8-9H,3-5,7H2,1-2H3,(H,15,16)/t8-,9+. The number of carboxylic acid groups (broad SMARTS) is 1. The number of aromatic carboxylic acids is 1. The molecule has 0 radical (unpaired) electrons. The molecule has 0 bridgehead atoms. The van der Waals surface area contributed by atoms with Gasteiger partial charge in [-0.25, -0.2) is 4.79 Å². The van der Waals surface area contributed by atoms with Gasteiger partial charge in [0, 0.05) is 18.2 Å². The summed E-state index contributed by atoms with van der Waals surface area (Å²) in [6, 6.07) is 2.53. The summed E-state index contributed by atoms with van der Waals surface area (Å²) in [7, 11) is 0. The monoisotopic (exact) mass is 238 g/mol. The Kier molecular flexibility index (Phi) is 3.47. The Balaban J connectivity index is 2.05. The summed E-state index contributed by atoms with van der Waals surface area (Å²) in [5.41, 5.74) is -0.0164. The van der Waals surface area contributed by atoms with Gasteiger partial charge in [0.2, 0.25) is 0 Å². The minimum atomic E-state index is -1.04. The number of carbonyl (C=O) groups is 1. The molecule has 0 saturated carbocycles. The van der Waals surface area contributed by atoms with Crippen LogP contribution in [-0.4, -0.2) is 33.2 Å². The van der Waals surface area contributed by atoms with E-state index in [2.05, 4.69) is 23.9 Å². The second-order valence-corrected chi connectivity index (χ2v) is 4.78. The zero-order valence-corrected chi connectivity index (χ0v) is 10.2. The highest BCUT2D eigenvalue weighted by atomic mass is 16.5. The van der Waals surface area contributed by atoms with Crippen molar-refractivity contribution >= 4 is 5.97 Å². The third-order valence-electron chi connectivity index (χ3n) is 3.49. The largest absolute Gasteiger partial charge is 0.476 e. The van der Waals surface area contributed by atoms with Crippen LogP contribution >= 0.6 is 0 Å². The number of hydrogen-bond donors (Lipinski definition) is 1. The zero-order chi connectivity index (χ0) is 12.4. The number of aromatic nitrogens is 1. The molecule has 1 N–H and O–H groups in total. The van der Waals surface area contributed by atoms with Gasteiger partial charge in [-0.1, -0.05) is 11.6 Å². The van der Waals surface area contributed by atoms with Gasteiger partial charge in [0.05, 0.1) is 6.54 Å². The molecule has 1 fully saturated rings. The first-order valence-electron chi connectivity index (χ1n) is 6.02. The Hall–Kier alpha value is -1.36. The smallest absolute Gasteiger partial charge is 0.358 e. The number of likely N-dealkylation sites (tertiary alicyclic amines) is 1. The Morgan fingerprint density at radius 2 is 2.18 bits per heavy atom. The average Bonchev–Trinajstić information content (AvgIpc) is 2.72. The fraction of sp³-hybridized carbons (Fsp3) is 0.667. The Morgan fingerprint density at radius 3 is 2.71 bits per heavy atom. The van der Waals surface area contributed by atoms with Crippen LogP contribution in [0.1, 0.15) is 49.4 Å². The number of rotatable bonds is 3. The van der Waals surface area contributed by atoms with Crippen LogP contribution in [0.3, 0.4) is 0 Å². The third-order valence-corrected chi connectivity index (χ3v) is 3.49. The van der Waals surface area contributed by atoms with Gasteiger partial charge < -0.3 is 9.63 Å². The number of piperidine rings is 1. The molecule has 0 aliphatic carbocycles. The Labute approximate surface area is 100 Å². The molecule has 1 saturated heterocycles. The van der Waals surface area contributed by atoms with Gasteiger partial charge in [-0.15, -0.1) is 0 Å². The maximum atomic E-state index is 10.7. The molecule has 0 aromatic carbocycles. The van der Waals surface area contributed by atoms with Crippen LogP contribution < -0.4 is 0 Å². The van der Waals surface area contributed by atoms with Gasteiger partial charge in [0.15, 0.2) is 11.5 Å². The van der Waals surface area contributed by atoms with Crippen molar-refractivity contribution < 1.29 is 14.4 Å². The maximum absolute atomic E-state index is 10.7. The lowest BCUT2D eigenvalue weighted by Gasteiger charge is -2.38. The van der Waals surface area contributed by atoms with Gasteiger partial charge in [-0.05, 0) is 26.7 Å². The topological polar surface area (TPSA) is 66.6 Å². The van der Waals surface area contributed by atoms with Gasteiger partial charge in [0.1, 0.15) is 0 Å². The van der Waals surface area contributed by atoms with Gasteiger partial charge in [-0.2, -0.15) is 0 Å². The molecule has 0 unspecified atom stereocenters. The summed E-state index contributed by atoms with van der Waals surface area (Å²) in [6.07, 6.45) is 3.63. The average molecular weight is 238 g/mol. The molecule has 1 aromatic rings. The van der Waals surface area contributed by atoms with Crippen molar-refractivity contribution in [3.63, 3.8) is 0 Å². The lowest BCUT2D eigenvalue weighted by molar-refractivity contribution is 0.0684. The van der Waals surface area contributed by atoms with E-state index in [1.807, 2.05) is 0 Å². The molecule has 2 rings (SSSR count). The normalized spacial score (nSPS) is 26.0. The van der Waals surface area contributed by atoms with Gasteiger partial charge in [-0.3, -0.25) is 4.90 Å². The zero-order valence-electron chi connectivity index (χ0n) is 10.2. The predicted molar refractivity (Wildman–Crippen MR) is 61.8 cm³/mol.